The van der Waals surface area contributed by atoms with E-state index in [2.05, 4.69) is 51.2 Å². The number of aliphatic carboxylic acids is 1. The molecule has 2 amide bonds. The van der Waals surface area contributed by atoms with Crippen LogP contribution in [0, 0.1) is 0 Å². The highest BCUT2D eigenvalue weighted by molar-refractivity contribution is 7.47. The molecule has 28 heteroatoms. The number of phosphoric ester groups is 1. The van der Waals surface area contributed by atoms with Gasteiger partial charge in [0.25, 0.3) is 11.5 Å². The number of aromatic amines is 1. The Morgan fingerprint density at radius 1 is 1.03 bits per heavy atom. The molecule has 5 heterocycles. The van der Waals surface area contributed by atoms with Crippen LogP contribution in [0.4, 0.5) is 17.5 Å². The second-order valence-corrected chi connectivity index (χ2v) is 16.3. The Bertz CT molecular complexity index is 2420. The topological polar surface area (TPSA) is 380 Å². The van der Waals surface area contributed by atoms with Gasteiger partial charge in [-0.1, -0.05) is 0 Å². The molecular formula is C39H53N12O15P. The number of carboxylic acid groups (broad SMARTS) is 1. The molecule has 2 aliphatic rings. The minimum Gasteiger partial charge on any atom is -0.480 e. The zero-order valence-corrected chi connectivity index (χ0v) is 36.9. The summed E-state index contributed by atoms with van der Waals surface area (Å²) in [6.07, 6.45) is 1.40. The first-order chi connectivity index (χ1) is 32.3. The Balaban J connectivity index is 0.763. The molecule has 6 atom stereocenters. The van der Waals surface area contributed by atoms with E-state index >= 15 is 0 Å². The average molecular weight is 961 g/mol. The summed E-state index contributed by atoms with van der Waals surface area (Å²) in [6.45, 7) is 1.10. The van der Waals surface area contributed by atoms with Gasteiger partial charge in [0.15, 0.2) is 11.2 Å². The van der Waals surface area contributed by atoms with Gasteiger partial charge in [0.1, 0.15) is 36.0 Å². The zero-order valence-electron chi connectivity index (χ0n) is 36.0. The molecule has 6 rings (SSSR count). The van der Waals surface area contributed by atoms with Crippen molar-refractivity contribution in [2.45, 2.75) is 62.8 Å². The third-order valence-electron chi connectivity index (χ3n) is 10.0. The number of aliphatic hydroxyl groups excluding tert-OH is 2. The van der Waals surface area contributed by atoms with Crippen molar-refractivity contribution in [2.75, 3.05) is 82.3 Å². The van der Waals surface area contributed by atoms with Crippen LogP contribution in [0.2, 0.25) is 0 Å². The van der Waals surface area contributed by atoms with E-state index in [1.165, 1.54) is 31.0 Å². The quantitative estimate of drug-likeness (QED) is 0.0268. The van der Waals surface area contributed by atoms with Crippen LogP contribution >= 0.6 is 7.82 Å². The second-order valence-electron chi connectivity index (χ2n) is 14.9. The fraction of sp³-hybridized carbons (Fsp3) is 0.513. The van der Waals surface area contributed by atoms with E-state index in [0.717, 1.165) is 0 Å². The third kappa shape index (κ3) is 15.0. The van der Waals surface area contributed by atoms with Crippen LogP contribution in [0.5, 0.6) is 0 Å². The normalized spacial score (nSPS) is 19.2. The lowest BCUT2D eigenvalue weighted by Gasteiger charge is -2.19. The number of hydrogen-bond acceptors (Lipinski definition) is 21. The molecule has 1 fully saturated rings. The van der Waals surface area contributed by atoms with Crippen molar-refractivity contribution >= 4 is 60.6 Å². The molecule has 3 aromatic heterocycles. The van der Waals surface area contributed by atoms with E-state index in [9.17, 15) is 44.0 Å². The number of rotatable bonds is 27. The summed E-state index contributed by atoms with van der Waals surface area (Å²) in [5.74, 6) is -1.98. The number of aliphatic imine (C=N–C) groups is 1. The van der Waals surface area contributed by atoms with Gasteiger partial charge >= 0.3 is 13.8 Å². The molecule has 27 nitrogen and oxygen atoms in total. The van der Waals surface area contributed by atoms with Crippen LogP contribution in [0.1, 0.15) is 59.8 Å². The van der Waals surface area contributed by atoms with Gasteiger partial charge in [-0.3, -0.25) is 38.0 Å². The number of nitrogens with one attached hydrogen (secondary N) is 5. The number of fused-ring (bicyclic) bond motifs is 2. The number of nitrogens with zero attached hydrogens (tertiary/aromatic N) is 6. The third-order valence-corrected chi connectivity index (χ3v) is 11.1. The Labute approximate surface area is 381 Å². The van der Waals surface area contributed by atoms with Gasteiger partial charge in [-0.25, -0.2) is 24.3 Å². The first-order valence-corrected chi connectivity index (χ1v) is 22.6. The molecule has 1 aromatic carbocycles. The summed E-state index contributed by atoms with van der Waals surface area (Å²) in [5.41, 5.74) is 6.74. The number of aliphatic hydroxyl groups is 2. The van der Waals surface area contributed by atoms with Crippen molar-refractivity contribution in [3.05, 3.63) is 64.1 Å². The van der Waals surface area contributed by atoms with Crippen LogP contribution in [0.3, 0.4) is 0 Å². The first kappa shape index (κ1) is 50.4. The molecule has 0 aliphatic carbocycles. The maximum absolute atomic E-state index is 12.8. The number of imidazole rings is 1. The van der Waals surface area contributed by atoms with Gasteiger partial charge in [0.2, 0.25) is 11.9 Å². The zero-order chi connectivity index (χ0) is 47.8. The summed E-state index contributed by atoms with van der Waals surface area (Å²) in [5, 5.41) is 40.4. The van der Waals surface area contributed by atoms with Crippen molar-refractivity contribution in [1.82, 2.24) is 40.1 Å². The highest BCUT2D eigenvalue weighted by Crippen LogP contribution is 2.49. The van der Waals surface area contributed by atoms with Crippen LogP contribution in [-0.2, 0) is 48.7 Å². The van der Waals surface area contributed by atoms with Gasteiger partial charge in [0.05, 0.1) is 90.0 Å². The van der Waals surface area contributed by atoms with Crippen LogP contribution in [0.25, 0.3) is 11.2 Å². The number of aromatic nitrogens is 6. The maximum Gasteiger partial charge on any atom is 0.472 e. The lowest BCUT2D eigenvalue weighted by Crippen LogP contribution is -2.41. The highest BCUT2D eigenvalue weighted by atomic mass is 31.2. The van der Waals surface area contributed by atoms with Crippen molar-refractivity contribution in [2.24, 2.45) is 4.99 Å². The molecule has 4 aromatic rings. The monoisotopic (exact) mass is 960 g/mol. The minimum atomic E-state index is -4.56. The number of carbonyl (C=O) groups is 3. The predicted octanol–water partition coefficient (Wildman–Crippen LogP) is -0.407. The van der Waals surface area contributed by atoms with E-state index in [-0.39, 0.29) is 119 Å². The SMILES string of the molecule is Nc1nc2ncc(CNc3ccc(C(=O)NC(CCC(=O)NCCCOCCOCCOCCOP(=O)(O)OC4CN=CNc5c4ncn5C4CC(O)C(CO)O4)C(=O)O)cc3)nc2c(=O)[nH]1. The van der Waals surface area contributed by atoms with E-state index in [1.54, 1.807) is 16.7 Å². The first-order valence-electron chi connectivity index (χ1n) is 21.1. The fourth-order valence-corrected chi connectivity index (χ4v) is 7.51. The smallest absolute Gasteiger partial charge is 0.472 e. The van der Waals surface area contributed by atoms with Gasteiger partial charge < -0.3 is 66.2 Å². The number of ether oxygens (including phenoxy) is 4. The number of amides is 2. The molecule has 2 aliphatic heterocycles. The van der Waals surface area contributed by atoms with Gasteiger partial charge in [-0.15, -0.1) is 0 Å². The molecule has 0 spiro atoms. The Hall–Kier alpha value is -6.00. The van der Waals surface area contributed by atoms with Crippen LogP contribution in [-0.4, -0.2) is 158 Å². The Kier molecular flexibility index (Phi) is 18.6. The van der Waals surface area contributed by atoms with Gasteiger partial charge in [-0.2, -0.15) is 4.98 Å². The number of hydrogen-bond donors (Lipinski definition) is 10. The summed E-state index contributed by atoms with van der Waals surface area (Å²) in [6, 6.07) is 4.94. The van der Waals surface area contributed by atoms with Crippen molar-refractivity contribution in [1.29, 1.82) is 0 Å². The standard InChI is InChI=1S/C39H53N12O15P/c40-39-49-34-33(37(56)50-39)47-25(18-44-34)17-43-24-4-2-23(3-5-24)36(55)48-26(38(57)58)6-7-30(54)42-8-1-9-61-10-11-62-12-13-63-14-15-64-67(59,60)66-28-19-41-21-45-35-32(28)46-22-51(35)31-16-27(53)29(20-52)65-31/h2-5,18,21-22,26-29,31,43,52-53H,1,6-17,19-20H2,(H,41,45)(H,42,54)(H,48,55)(H,57,58)(H,59,60)(H3,40,44,49,50,56). The molecule has 364 valence electrons. The van der Waals surface area contributed by atoms with Gasteiger partial charge in [-0.05, 0) is 37.1 Å². The lowest BCUT2D eigenvalue weighted by molar-refractivity contribution is -0.139. The number of carbonyl (C=O) groups excluding carboxylic acids is 2. The number of carboxylic acids is 1. The second kappa shape index (κ2) is 24.7. The number of H-pyrrole nitrogens is 1. The number of nitrogen functional groups attached to an aromatic ring is 1. The summed E-state index contributed by atoms with van der Waals surface area (Å²) in [4.78, 5) is 82.6. The van der Waals surface area contributed by atoms with Crippen LogP contribution < -0.4 is 32.6 Å². The molecule has 0 saturated carbocycles. The fourth-order valence-electron chi connectivity index (χ4n) is 6.65. The minimum absolute atomic E-state index is 0.0230. The largest absolute Gasteiger partial charge is 0.480 e. The van der Waals surface area contributed by atoms with Gasteiger partial charge in [0, 0.05) is 37.2 Å². The molecule has 6 unspecified atom stereocenters. The molecule has 11 N–H and O–H groups in total. The van der Waals surface area contributed by atoms with E-state index in [1.807, 2.05) is 0 Å². The molecule has 1 saturated heterocycles. The number of phosphoric acid groups is 1. The molecule has 0 radical (unpaired) electrons. The highest BCUT2D eigenvalue weighted by Gasteiger charge is 2.38. The number of benzene rings is 1. The molecular weight excluding hydrogens is 907 g/mol. The van der Waals surface area contributed by atoms with Crippen LogP contribution in [0.15, 0.2) is 46.6 Å². The van der Waals surface area contributed by atoms with E-state index < -0.39 is 55.8 Å². The summed E-state index contributed by atoms with van der Waals surface area (Å²) < 4.78 is 46.8. The molecule has 67 heavy (non-hydrogen) atoms. The van der Waals surface area contributed by atoms with Crippen molar-refractivity contribution in [3.8, 4) is 0 Å². The Morgan fingerprint density at radius 3 is 2.48 bits per heavy atom. The number of nitrogens with two attached hydrogens (primary N) is 1. The maximum atomic E-state index is 12.8. The average Bonchev–Trinajstić information content (AvgIpc) is 3.84. The predicted molar refractivity (Wildman–Crippen MR) is 235 cm³/mol. The molecule has 0 bridgehead atoms. The van der Waals surface area contributed by atoms with E-state index in [4.69, 9.17) is 33.7 Å². The van der Waals surface area contributed by atoms with E-state index in [0.29, 0.717) is 30.2 Å². The summed E-state index contributed by atoms with van der Waals surface area (Å²) in [7, 11) is -4.56. The summed E-state index contributed by atoms with van der Waals surface area (Å²) >= 11 is 0. The van der Waals surface area contributed by atoms with Crippen molar-refractivity contribution in [3.63, 3.8) is 0 Å². The van der Waals surface area contributed by atoms with Crippen molar-refractivity contribution < 1.29 is 67.2 Å². The lowest BCUT2D eigenvalue weighted by atomic mass is 10.1. The number of anilines is 3. The Morgan fingerprint density at radius 2 is 1.76 bits per heavy atom.